The van der Waals surface area contributed by atoms with Gasteiger partial charge in [-0.3, -0.25) is 9.59 Å². The van der Waals surface area contributed by atoms with E-state index in [2.05, 4.69) is 15.6 Å². The first kappa shape index (κ1) is 20.0. The van der Waals surface area contributed by atoms with Crippen LogP contribution in [0.1, 0.15) is 10.6 Å². The van der Waals surface area contributed by atoms with E-state index >= 15 is 0 Å². The lowest BCUT2D eigenvalue weighted by molar-refractivity contribution is -0.136. The molecule has 0 fully saturated rings. The van der Waals surface area contributed by atoms with E-state index in [1.807, 2.05) is 6.92 Å². The fourth-order valence-electron chi connectivity index (χ4n) is 2.52. The fraction of sp³-hybridized carbons (Fsp3) is 0.150. The maximum atomic E-state index is 13.4. The molecule has 3 aromatic rings. The second-order valence-corrected chi connectivity index (χ2v) is 7.47. The Morgan fingerprint density at radius 3 is 2.68 bits per heavy atom. The molecule has 1 heterocycles. The van der Waals surface area contributed by atoms with Gasteiger partial charge in [-0.05, 0) is 31.2 Å². The highest BCUT2D eigenvalue weighted by Crippen LogP contribution is 2.28. The topological polar surface area (TPSA) is 71.1 Å². The average molecular weight is 418 g/mol. The summed E-state index contributed by atoms with van der Waals surface area (Å²) in [5.74, 6) is -1.84. The Morgan fingerprint density at radius 1 is 1.14 bits per heavy atom. The average Bonchev–Trinajstić information content (AvgIpc) is 3.04. The van der Waals surface area contributed by atoms with E-state index < -0.39 is 11.8 Å². The molecule has 1 aromatic heterocycles. The zero-order valence-electron chi connectivity index (χ0n) is 15.0. The van der Waals surface area contributed by atoms with Crippen LogP contribution in [0.5, 0.6) is 0 Å². The minimum atomic E-state index is -0.783. The van der Waals surface area contributed by atoms with Crippen molar-refractivity contribution in [3.05, 3.63) is 69.9 Å². The van der Waals surface area contributed by atoms with Gasteiger partial charge in [0.25, 0.3) is 0 Å². The number of anilines is 1. The number of aromatic nitrogens is 1. The molecule has 8 heteroatoms. The number of carbonyl (C=O) groups excluding carboxylic acids is 2. The molecule has 144 valence electrons. The smallest absolute Gasteiger partial charge is 0.313 e. The van der Waals surface area contributed by atoms with E-state index in [1.165, 1.54) is 23.5 Å². The van der Waals surface area contributed by atoms with Crippen LogP contribution >= 0.6 is 22.9 Å². The van der Waals surface area contributed by atoms with E-state index in [0.717, 1.165) is 15.6 Å². The molecule has 28 heavy (non-hydrogen) atoms. The van der Waals surface area contributed by atoms with Gasteiger partial charge in [0.15, 0.2) is 0 Å². The van der Waals surface area contributed by atoms with Crippen LogP contribution in [0.25, 0.3) is 10.6 Å². The molecule has 0 bridgehead atoms. The Balaban J connectivity index is 1.55. The number of amides is 2. The van der Waals surface area contributed by atoms with Gasteiger partial charge in [0.1, 0.15) is 10.8 Å². The van der Waals surface area contributed by atoms with Crippen LogP contribution in [0.2, 0.25) is 5.02 Å². The molecule has 0 unspecified atom stereocenters. The maximum Gasteiger partial charge on any atom is 0.313 e. The second kappa shape index (κ2) is 8.95. The monoisotopic (exact) mass is 417 g/mol. The zero-order chi connectivity index (χ0) is 20.1. The lowest BCUT2D eigenvalue weighted by Crippen LogP contribution is -2.36. The molecular formula is C20H17ClFN3O2S. The molecule has 2 aromatic carbocycles. The van der Waals surface area contributed by atoms with Gasteiger partial charge in [0.2, 0.25) is 0 Å². The van der Waals surface area contributed by atoms with Crippen molar-refractivity contribution in [1.29, 1.82) is 0 Å². The van der Waals surface area contributed by atoms with Crippen molar-refractivity contribution in [3.63, 3.8) is 0 Å². The quantitative estimate of drug-likeness (QED) is 0.611. The van der Waals surface area contributed by atoms with E-state index in [9.17, 15) is 14.0 Å². The molecule has 0 saturated heterocycles. The number of carbonyl (C=O) groups is 2. The molecule has 2 N–H and O–H groups in total. The Hall–Kier alpha value is -2.77. The van der Waals surface area contributed by atoms with Crippen LogP contribution in [0.4, 0.5) is 10.1 Å². The molecule has 0 atom stereocenters. The molecule has 0 saturated carbocycles. The molecule has 0 radical (unpaired) electrons. The summed E-state index contributed by atoms with van der Waals surface area (Å²) in [5, 5.41) is 6.13. The normalized spacial score (nSPS) is 10.5. The largest absolute Gasteiger partial charge is 0.347 e. The zero-order valence-corrected chi connectivity index (χ0v) is 16.5. The maximum absolute atomic E-state index is 13.4. The van der Waals surface area contributed by atoms with E-state index in [4.69, 9.17) is 11.6 Å². The van der Waals surface area contributed by atoms with Crippen molar-refractivity contribution in [2.75, 3.05) is 11.9 Å². The fourth-order valence-corrected chi connectivity index (χ4v) is 3.76. The van der Waals surface area contributed by atoms with Crippen molar-refractivity contribution < 1.29 is 14.0 Å². The van der Waals surface area contributed by atoms with Crippen molar-refractivity contribution >= 4 is 40.4 Å². The number of benzene rings is 2. The van der Waals surface area contributed by atoms with Crippen molar-refractivity contribution in [2.45, 2.75) is 13.3 Å². The van der Waals surface area contributed by atoms with Gasteiger partial charge in [-0.25, -0.2) is 9.37 Å². The molecule has 0 aliphatic rings. The van der Waals surface area contributed by atoms with Crippen molar-refractivity contribution in [1.82, 2.24) is 10.3 Å². The number of nitrogens with one attached hydrogen (secondary N) is 2. The van der Waals surface area contributed by atoms with Crippen molar-refractivity contribution in [2.24, 2.45) is 0 Å². The molecule has 0 aliphatic carbocycles. The summed E-state index contributed by atoms with van der Waals surface area (Å²) in [6, 6.07) is 12.9. The third kappa shape index (κ3) is 4.94. The molecule has 2 amide bonds. The van der Waals surface area contributed by atoms with E-state index in [1.54, 1.807) is 36.4 Å². The standard InChI is InChI=1S/C20H17ClFN3O2S/c1-12-17(28-20(24-12)13-5-4-6-14(22)11-13)9-10-23-18(26)19(27)25-16-8-3-2-7-15(16)21/h2-8,11H,9-10H2,1H3,(H,23,26)(H,25,27). The number of aryl methyl sites for hydroxylation is 1. The van der Waals surface area contributed by atoms with Gasteiger partial charge in [-0.2, -0.15) is 0 Å². The van der Waals surface area contributed by atoms with E-state index in [-0.39, 0.29) is 12.4 Å². The molecule has 0 aliphatic heterocycles. The summed E-state index contributed by atoms with van der Waals surface area (Å²) < 4.78 is 13.4. The molecule has 5 nitrogen and oxygen atoms in total. The summed E-state index contributed by atoms with van der Waals surface area (Å²) in [6.07, 6.45) is 0.518. The lowest BCUT2D eigenvalue weighted by Gasteiger charge is -2.07. The molecule has 0 spiro atoms. The first-order chi connectivity index (χ1) is 13.4. The Labute approximate surface area is 170 Å². The number of halogens is 2. The number of thiazole rings is 1. The predicted octanol–water partition coefficient (Wildman–Crippen LogP) is 4.21. The summed E-state index contributed by atoms with van der Waals surface area (Å²) in [7, 11) is 0. The van der Waals surface area contributed by atoms with E-state index in [0.29, 0.717) is 22.7 Å². The second-order valence-electron chi connectivity index (χ2n) is 5.98. The van der Waals surface area contributed by atoms with Gasteiger partial charge in [-0.1, -0.05) is 35.9 Å². The highest BCUT2D eigenvalue weighted by atomic mass is 35.5. The Morgan fingerprint density at radius 2 is 1.93 bits per heavy atom. The third-order valence-electron chi connectivity index (χ3n) is 3.93. The van der Waals surface area contributed by atoms with Gasteiger partial charge < -0.3 is 10.6 Å². The van der Waals surface area contributed by atoms with Crippen LogP contribution in [-0.4, -0.2) is 23.3 Å². The number of para-hydroxylation sites is 1. The SMILES string of the molecule is Cc1nc(-c2cccc(F)c2)sc1CCNC(=O)C(=O)Nc1ccccc1Cl. The summed E-state index contributed by atoms with van der Waals surface area (Å²) in [6.45, 7) is 2.14. The molecular weight excluding hydrogens is 401 g/mol. The molecule has 3 rings (SSSR count). The number of rotatable bonds is 5. The number of nitrogens with zero attached hydrogens (tertiary/aromatic N) is 1. The van der Waals surface area contributed by atoms with Crippen molar-refractivity contribution in [3.8, 4) is 10.6 Å². The Bertz CT molecular complexity index is 1020. The Kier molecular flexibility index (Phi) is 6.38. The van der Waals surface area contributed by atoms with Gasteiger partial charge in [0, 0.05) is 23.4 Å². The third-order valence-corrected chi connectivity index (χ3v) is 5.53. The first-order valence-corrected chi connectivity index (χ1v) is 9.69. The van der Waals surface area contributed by atoms with Crippen LogP contribution < -0.4 is 10.6 Å². The highest BCUT2D eigenvalue weighted by molar-refractivity contribution is 7.15. The number of hydrogen-bond donors (Lipinski definition) is 2. The van der Waals surface area contributed by atoms with Gasteiger partial charge in [-0.15, -0.1) is 11.3 Å². The first-order valence-electron chi connectivity index (χ1n) is 8.50. The van der Waals surface area contributed by atoms with Gasteiger partial charge >= 0.3 is 11.8 Å². The minimum absolute atomic E-state index is 0.278. The summed E-state index contributed by atoms with van der Waals surface area (Å²) in [5.41, 5.74) is 1.91. The minimum Gasteiger partial charge on any atom is -0.347 e. The highest BCUT2D eigenvalue weighted by Gasteiger charge is 2.15. The lowest BCUT2D eigenvalue weighted by atomic mass is 10.2. The number of hydrogen-bond acceptors (Lipinski definition) is 4. The van der Waals surface area contributed by atoms with Crippen LogP contribution in [0.15, 0.2) is 48.5 Å². The predicted molar refractivity (Wildman–Crippen MR) is 109 cm³/mol. The van der Waals surface area contributed by atoms with Crippen LogP contribution in [0, 0.1) is 12.7 Å². The van der Waals surface area contributed by atoms with Crippen LogP contribution in [-0.2, 0) is 16.0 Å². The summed E-state index contributed by atoms with van der Waals surface area (Å²) in [4.78, 5) is 29.4. The van der Waals surface area contributed by atoms with Gasteiger partial charge in [0.05, 0.1) is 16.4 Å². The van der Waals surface area contributed by atoms with Crippen LogP contribution in [0.3, 0.4) is 0 Å². The summed E-state index contributed by atoms with van der Waals surface area (Å²) >= 11 is 7.40.